The van der Waals surface area contributed by atoms with Gasteiger partial charge >= 0.3 is 12.2 Å². The molecule has 0 aliphatic rings. The third-order valence-corrected chi connectivity index (χ3v) is 11.3. The van der Waals surface area contributed by atoms with Crippen molar-refractivity contribution in [3.05, 3.63) is 0 Å². The highest BCUT2D eigenvalue weighted by molar-refractivity contribution is 8.10. The van der Waals surface area contributed by atoms with Crippen LogP contribution in [0.1, 0.15) is 74.7 Å². The molecular formula is C20H42N2O8S2. The van der Waals surface area contributed by atoms with Crippen LogP contribution >= 0.6 is 0 Å². The Hall–Kier alpha value is -1.56. The highest BCUT2D eigenvalue weighted by atomic mass is 32.3. The van der Waals surface area contributed by atoms with E-state index in [9.17, 15) is 26.4 Å². The minimum Gasteiger partial charge on any atom is -0.449 e. The number of primary amides is 1. The van der Waals surface area contributed by atoms with Crippen LogP contribution in [0.3, 0.4) is 0 Å². The predicted molar refractivity (Wildman–Crippen MR) is 126 cm³/mol. The number of alkyl carbamates (subject to hydrolysis) is 1. The first-order valence-electron chi connectivity index (χ1n) is 10.8. The van der Waals surface area contributed by atoms with Gasteiger partial charge in [-0.3, -0.25) is 0 Å². The van der Waals surface area contributed by atoms with Gasteiger partial charge in [-0.2, -0.15) is 0 Å². The molecular weight excluding hydrogens is 460 g/mol. The fourth-order valence-corrected chi connectivity index (χ4v) is 7.15. The van der Waals surface area contributed by atoms with Crippen molar-refractivity contribution in [1.82, 2.24) is 5.32 Å². The van der Waals surface area contributed by atoms with E-state index in [-0.39, 0.29) is 37.2 Å². The summed E-state index contributed by atoms with van der Waals surface area (Å²) in [6.45, 7) is 13.7. The lowest BCUT2D eigenvalue weighted by molar-refractivity contribution is 0.0332. The maximum Gasteiger partial charge on any atom is 0.407 e. The first kappa shape index (κ1) is 32.6. The van der Waals surface area contributed by atoms with Crippen molar-refractivity contribution in [1.29, 1.82) is 0 Å². The van der Waals surface area contributed by atoms with Crippen LogP contribution in [0.25, 0.3) is 0 Å². The van der Waals surface area contributed by atoms with Crippen molar-refractivity contribution in [2.75, 3.05) is 24.7 Å². The zero-order valence-corrected chi connectivity index (χ0v) is 22.3. The lowest BCUT2D eigenvalue weighted by Crippen LogP contribution is -2.44. The van der Waals surface area contributed by atoms with Gasteiger partial charge in [0.05, 0.1) is 0 Å². The summed E-state index contributed by atoms with van der Waals surface area (Å²) >= 11 is 0. The SMILES string of the molecule is CCC(C)(S(=O)(=O)CC)S(=O)(=O)CC.CCCC(C)(COC(N)=O)COC(=O)NC(C)C. The van der Waals surface area contributed by atoms with Gasteiger partial charge in [-0.1, -0.05) is 41.0 Å². The number of amides is 2. The quantitative estimate of drug-likeness (QED) is 0.412. The summed E-state index contributed by atoms with van der Waals surface area (Å²) in [5.74, 6) is -0.285. The molecule has 0 aromatic heterocycles. The number of sulfone groups is 2. The van der Waals surface area contributed by atoms with Crippen LogP contribution < -0.4 is 11.1 Å². The summed E-state index contributed by atoms with van der Waals surface area (Å²) in [5, 5.41) is 2.63. The van der Waals surface area contributed by atoms with Gasteiger partial charge < -0.3 is 20.5 Å². The number of hydrogen-bond donors (Lipinski definition) is 2. The molecule has 0 spiro atoms. The van der Waals surface area contributed by atoms with E-state index < -0.39 is 41.4 Å². The summed E-state index contributed by atoms with van der Waals surface area (Å²) in [5.41, 5.74) is 4.53. The van der Waals surface area contributed by atoms with E-state index in [1.165, 1.54) is 20.8 Å². The molecule has 0 aliphatic carbocycles. The van der Waals surface area contributed by atoms with Crippen molar-refractivity contribution in [3.63, 3.8) is 0 Å². The van der Waals surface area contributed by atoms with E-state index in [1.807, 2.05) is 27.7 Å². The Bertz CT molecular complexity index is 760. The Morgan fingerprint density at radius 1 is 0.906 bits per heavy atom. The van der Waals surface area contributed by atoms with Crippen molar-refractivity contribution < 1.29 is 35.9 Å². The highest BCUT2D eigenvalue weighted by Gasteiger charge is 2.47. The largest absolute Gasteiger partial charge is 0.449 e. The minimum absolute atomic E-state index is 0.0248. The first-order valence-corrected chi connectivity index (χ1v) is 14.1. The smallest absolute Gasteiger partial charge is 0.407 e. The van der Waals surface area contributed by atoms with Crippen LogP contribution in [0.15, 0.2) is 0 Å². The van der Waals surface area contributed by atoms with Crippen LogP contribution in [0.2, 0.25) is 0 Å². The molecule has 0 bridgehead atoms. The zero-order valence-electron chi connectivity index (χ0n) is 20.7. The molecule has 192 valence electrons. The summed E-state index contributed by atoms with van der Waals surface area (Å²) in [4.78, 5) is 22.0. The molecule has 0 heterocycles. The Morgan fingerprint density at radius 3 is 1.66 bits per heavy atom. The summed E-state index contributed by atoms with van der Waals surface area (Å²) < 4.78 is 55.0. The molecule has 12 heteroatoms. The molecule has 3 N–H and O–H groups in total. The van der Waals surface area contributed by atoms with E-state index in [1.54, 1.807) is 6.92 Å². The third-order valence-electron chi connectivity index (χ3n) is 5.09. The van der Waals surface area contributed by atoms with Crippen molar-refractivity contribution >= 4 is 31.9 Å². The summed E-state index contributed by atoms with van der Waals surface area (Å²) in [6.07, 6.45) is 0.484. The van der Waals surface area contributed by atoms with Crippen LogP contribution in [0.4, 0.5) is 9.59 Å². The van der Waals surface area contributed by atoms with E-state index >= 15 is 0 Å². The Labute approximate surface area is 193 Å². The molecule has 0 fully saturated rings. The molecule has 0 rings (SSSR count). The zero-order chi connectivity index (χ0) is 25.8. The van der Waals surface area contributed by atoms with Gasteiger partial charge in [0.1, 0.15) is 13.2 Å². The van der Waals surface area contributed by atoms with Gasteiger partial charge in [-0.25, -0.2) is 26.4 Å². The predicted octanol–water partition coefficient (Wildman–Crippen LogP) is 3.00. The minimum atomic E-state index is -3.57. The van der Waals surface area contributed by atoms with E-state index in [4.69, 9.17) is 15.2 Å². The average Bonchev–Trinajstić information content (AvgIpc) is 2.70. The Kier molecular flexibility index (Phi) is 14.1. The molecule has 0 radical (unpaired) electrons. The molecule has 0 aromatic rings. The second kappa shape index (κ2) is 13.9. The fourth-order valence-electron chi connectivity index (χ4n) is 2.80. The van der Waals surface area contributed by atoms with Crippen molar-refractivity contribution in [2.24, 2.45) is 11.1 Å². The molecule has 0 saturated heterocycles. The first-order chi connectivity index (χ1) is 14.5. The normalized spacial score (nSPS) is 14.0. The summed E-state index contributed by atoms with van der Waals surface area (Å²) in [6, 6.07) is 0.0248. The van der Waals surface area contributed by atoms with Gasteiger partial charge in [-0.15, -0.1) is 0 Å². The maximum atomic E-state index is 11.7. The molecule has 2 amide bonds. The molecule has 0 aliphatic heterocycles. The number of carbonyl (C=O) groups excluding carboxylic acids is 2. The number of ether oxygens (including phenoxy) is 2. The standard InChI is InChI=1S/C12H24N2O4.C8H18O4S2/c1-5-6-12(4,7-17-10(13)15)8-18-11(16)14-9(2)3;1-5-8(4,13(9,10)6-2)14(11,12)7-3/h9H,5-8H2,1-4H3,(H2,13,15)(H,14,16);5-7H2,1-4H3. The topological polar surface area (TPSA) is 159 Å². The van der Waals surface area contributed by atoms with Crippen LogP contribution in [-0.4, -0.2) is 63.9 Å². The van der Waals surface area contributed by atoms with Crippen LogP contribution in [-0.2, 0) is 29.1 Å². The van der Waals surface area contributed by atoms with Gasteiger partial charge in [-0.05, 0) is 33.6 Å². The average molecular weight is 503 g/mol. The Morgan fingerprint density at radius 2 is 1.34 bits per heavy atom. The van der Waals surface area contributed by atoms with Crippen molar-refractivity contribution in [3.8, 4) is 0 Å². The van der Waals surface area contributed by atoms with Gasteiger partial charge in [0.25, 0.3) is 0 Å². The molecule has 0 aromatic carbocycles. The molecule has 10 nitrogen and oxygen atoms in total. The van der Waals surface area contributed by atoms with Crippen LogP contribution in [0.5, 0.6) is 0 Å². The lowest BCUT2D eigenvalue weighted by atomic mass is 9.87. The van der Waals surface area contributed by atoms with Crippen LogP contribution in [0, 0.1) is 5.41 Å². The summed E-state index contributed by atoms with van der Waals surface area (Å²) in [7, 11) is -7.14. The third kappa shape index (κ3) is 10.4. The fraction of sp³-hybridized carbons (Fsp3) is 0.900. The van der Waals surface area contributed by atoms with Gasteiger partial charge in [0, 0.05) is 23.0 Å². The van der Waals surface area contributed by atoms with Gasteiger partial charge in [0.15, 0.2) is 23.8 Å². The molecule has 1 atom stereocenters. The van der Waals surface area contributed by atoms with Crippen molar-refractivity contribution in [2.45, 2.75) is 84.8 Å². The number of nitrogens with two attached hydrogens (primary N) is 1. The highest BCUT2D eigenvalue weighted by Crippen LogP contribution is 2.29. The van der Waals surface area contributed by atoms with E-state index in [0.717, 1.165) is 12.8 Å². The van der Waals surface area contributed by atoms with Gasteiger partial charge in [0.2, 0.25) is 0 Å². The number of hydrogen-bond acceptors (Lipinski definition) is 8. The number of carbonyl (C=O) groups is 2. The number of nitrogens with one attached hydrogen (secondary N) is 1. The molecule has 0 saturated carbocycles. The lowest BCUT2D eigenvalue weighted by Gasteiger charge is -2.27. The second-order valence-electron chi connectivity index (χ2n) is 8.34. The molecule has 1 unspecified atom stereocenters. The molecule has 32 heavy (non-hydrogen) atoms. The second-order valence-corrected chi connectivity index (χ2v) is 14.0. The number of rotatable bonds is 12. The van der Waals surface area contributed by atoms with E-state index in [0.29, 0.717) is 0 Å². The maximum absolute atomic E-state index is 11.7. The van der Waals surface area contributed by atoms with E-state index in [2.05, 4.69) is 5.32 Å². The Balaban J connectivity index is 0. The monoisotopic (exact) mass is 502 g/mol.